The van der Waals surface area contributed by atoms with Gasteiger partial charge in [0.05, 0.1) is 13.3 Å². The minimum absolute atomic E-state index is 0.0149. The number of nitrogens with zero attached hydrogens (tertiary/aromatic N) is 3. The van der Waals surface area contributed by atoms with E-state index in [2.05, 4.69) is 34.6 Å². The molecule has 0 bridgehead atoms. The number of benzene rings is 1. The van der Waals surface area contributed by atoms with Gasteiger partial charge in [0, 0.05) is 24.2 Å². The number of hydrogen-bond donors (Lipinski definition) is 2. The van der Waals surface area contributed by atoms with E-state index < -0.39 is 5.82 Å². The van der Waals surface area contributed by atoms with E-state index in [9.17, 15) is 0 Å². The number of nitrogens with one attached hydrogen (secondary N) is 2. The van der Waals surface area contributed by atoms with E-state index in [4.69, 9.17) is 9.47 Å². The Kier molecular flexibility index (Phi) is 6.03. The quantitative estimate of drug-likeness (QED) is 0.615. The molecule has 4 rings (SSSR count). The molecule has 0 saturated carbocycles. The number of halogens is 1. The van der Waals surface area contributed by atoms with Crippen molar-refractivity contribution in [2.24, 2.45) is 0 Å². The molecule has 1 aromatic carbocycles. The third-order valence-electron chi connectivity index (χ3n) is 5.38. The second-order valence-electron chi connectivity index (χ2n) is 7.82. The summed E-state index contributed by atoms with van der Waals surface area (Å²) in [4.78, 5) is 4.51. The summed E-state index contributed by atoms with van der Waals surface area (Å²) in [5, 5.41) is 10.9. The SMILES string of the molecule is COc1ccccc1CNc1c(F)c(O[C@H]2CCCNC2)nc2c(C(C)C)cnn12. The summed E-state index contributed by atoms with van der Waals surface area (Å²) < 4.78 is 28.4. The molecule has 1 atom stereocenters. The molecule has 0 spiro atoms. The third-order valence-corrected chi connectivity index (χ3v) is 5.38. The molecule has 0 amide bonds. The van der Waals surface area contributed by atoms with Gasteiger partial charge in [0.2, 0.25) is 5.82 Å². The Morgan fingerprint density at radius 3 is 2.90 bits per heavy atom. The summed E-state index contributed by atoms with van der Waals surface area (Å²) in [6.45, 7) is 6.15. The summed E-state index contributed by atoms with van der Waals surface area (Å²) in [7, 11) is 1.62. The topological polar surface area (TPSA) is 72.7 Å². The fraction of sp³-hybridized carbons (Fsp3) is 0.455. The summed E-state index contributed by atoms with van der Waals surface area (Å²) in [6, 6.07) is 7.65. The summed E-state index contributed by atoms with van der Waals surface area (Å²) in [5.74, 6) is 0.648. The van der Waals surface area contributed by atoms with Gasteiger partial charge in [0.1, 0.15) is 11.9 Å². The second-order valence-corrected chi connectivity index (χ2v) is 7.82. The maximum atomic E-state index is 15.5. The Bertz CT molecular complexity index is 1010. The lowest BCUT2D eigenvalue weighted by Gasteiger charge is -2.24. The van der Waals surface area contributed by atoms with Crippen molar-refractivity contribution < 1.29 is 13.9 Å². The number of anilines is 1. The van der Waals surface area contributed by atoms with Gasteiger partial charge < -0.3 is 20.1 Å². The first-order valence-electron chi connectivity index (χ1n) is 10.4. The van der Waals surface area contributed by atoms with Gasteiger partial charge in [-0.05, 0) is 31.4 Å². The standard InChI is InChI=1S/C22H28FN5O2/c1-14(2)17-13-26-28-20(17)27-22(30-16-8-6-10-24-12-16)19(23)21(28)25-11-15-7-4-5-9-18(15)29-3/h4-5,7,9,13-14,16,24-25H,6,8,10-12H2,1-3H3/t16-/m0/s1. The number of aromatic nitrogens is 3. The Morgan fingerprint density at radius 2 is 2.17 bits per heavy atom. The molecular formula is C22H28FN5O2. The molecule has 30 heavy (non-hydrogen) atoms. The number of piperidine rings is 1. The zero-order chi connectivity index (χ0) is 21.1. The number of hydrogen-bond acceptors (Lipinski definition) is 6. The van der Waals surface area contributed by atoms with Gasteiger partial charge in [-0.3, -0.25) is 0 Å². The molecule has 160 valence electrons. The third kappa shape index (κ3) is 4.05. The van der Waals surface area contributed by atoms with E-state index >= 15 is 4.39 Å². The molecule has 1 aliphatic heterocycles. The molecule has 7 nitrogen and oxygen atoms in total. The van der Waals surface area contributed by atoms with E-state index in [0.29, 0.717) is 18.7 Å². The van der Waals surface area contributed by atoms with Gasteiger partial charge in [-0.25, -0.2) is 0 Å². The van der Waals surface area contributed by atoms with Crippen LogP contribution >= 0.6 is 0 Å². The van der Waals surface area contributed by atoms with Crippen LogP contribution in [0.15, 0.2) is 30.5 Å². The van der Waals surface area contributed by atoms with Crippen molar-refractivity contribution in [2.45, 2.75) is 45.3 Å². The number of fused-ring (bicyclic) bond motifs is 1. The molecule has 1 fully saturated rings. The van der Waals surface area contributed by atoms with Gasteiger partial charge in [0.25, 0.3) is 5.88 Å². The van der Waals surface area contributed by atoms with Crippen LogP contribution in [0.3, 0.4) is 0 Å². The predicted octanol–water partition coefficient (Wildman–Crippen LogP) is 3.74. The molecule has 2 aromatic heterocycles. The van der Waals surface area contributed by atoms with Gasteiger partial charge in [0.15, 0.2) is 11.5 Å². The molecule has 0 unspecified atom stereocenters. The highest BCUT2D eigenvalue weighted by molar-refractivity contribution is 5.58. The smallest absolute Gasteiger partial charge is 0.256 e. The van der Waals surface area contributed by atoms with Crippen molar-refractivity contribution in [3.8, 4) is 11.6 Å². The highest BCUT2D eigenvalue weighted by Gasteiger charge is 2.24. The fourth-order valence-corrected chi connectivity index (χ4v) is 3.71. The average Bonchev–Trinajstić information content (AvgIpc) is 3.18. The van der Waals surface area contributed by atoms with E-state index in [0.717, 1.165) is 36.3 Å². The van der Waals surface area contributed by atoms with E-state index in [1.807, 2.05) is 24.3 Å². The predicted molar refractivity (Wildman–Crippen MR) is 114 cm³/mol. The lowest BCUT2D eigenvalue weighted by Crippen LogP contribution is -2.37. The Morgan fingerprint density at radius 1 is 1.33 bits per heavy atom. The molecule has 0 radical (unpaired) electrons. The zero-order valence-electron chi connectivity index (χ0n) is 17.6. The van der Waals surface area contributed by atoms with Crippen molar-refractivity contribution in [3.05, 3.63) is 47.4 Å². The van der Waals surface area contributed by atoms with E-state index in [1.165, 1.54) is 4.52 Å². The lowest BCUT2D eigenvalue weighted by atomic mass is 10.1. The van der Waals surface area contributed by atoms with Crippen molar-refractivity contribution >= 4 is 11.5 Å². The molecule has 0 aliphatic carbocycles. The molecular weight excluding hydrogens is 385 g/mol. The van der Waals surface area contributed by atoms with Crippen LogP contribution in [0.1, 0.15) is 43.7 Å². The molecule has 1 saturated heterocycles. The van der Waals surface area contributed by atoms with Gasteiger partial charge in [-0.1, -0.05) is 32.0 Å². The Labute approximate surface area is 175 Å². The number of methoxy groups -OCH3 is 1. The average molecular weight is 413 g/mol. The second kappa shape index (κ2) is 8.87. The molecule has 3 aromatic rings. The highest BCUT2D eigenvalue weighted by Crippen LogP contribution is 2.30. The first kappa shape index (κ1) is 20.4. The highest BCUT2D eigenvalue weighted by atomic mass is 19.1. The lowest BCUT2D eigenvalue weighted by molar-refractivity contribution is 0.153. The number of para-hydroxylation sites is 1. The van der Waals surface area contributed by atoms with Crippen molar-refractivity contribution in [1.29, 1.82) is 0 Å². The number of rotatable bonds is 7. The van der Waals surface area contributed by atoms with Gasteiger partial charge in [-0.15, -0.1) is 0 Å². The fourth-order valence-electron chi connectivity index (χ4n) is 3.71. The molecule has 2 N–H and O–H groups in total. The minimum atomic E-state index is -0.540. The van der Waals surface area contributed by atoms with Crippen LogP contribution in [0.5, 0.6) is 11.6 Å². The van der Waals surface area contributed by atoms with Gasteiger partial charge >= 0.3 is 0 Å². The first-order valence-corrected chi connectivity index (χ1v) is 10.4. The van der Waals surface area contributed by atoms with E-state index in [-0.39, 0.29) is 23.7 Å². The monoisotopic (exact) mass is 413 g/mol. The Balaban J connectivity index is 1.71. The van der Waals surface area contributed by atoms with Crippen LogP contribution < -0.4 is 20.1 Å². The molecule has 3 heterocycles. The van der Waals surface area contributed by atoms with Crippen molar-refractivity contribution in [1.82, 2.24) is 19.9 Å². The van der Waals surface area contributed by atoms with E-state index in [1.54, 1.807) is 13.3 Å². The largest absolute Gasteiger partial charge is 0.496 e. The Hall–Kier alpha value is -2.87. The molecule has 1 aliphatic rings. The van der Waals surface area contributed by atoms with Crippen LogP contribution in [-0.2, 0) is 6.54 Å². The van der Waals surface area contributed by atoms with Gasteiger partial charge in [-0.2, -0.15) is 19.0 Å². The summed E-state index contributed by atoms with van der Waals surface area (Å²) in [6.07, 6.45) is 3.51. The van der Waals surface area contributed by atoms with Crippen molar-refractivity contribution in [3.63, 3.8) is 0 Å². The van der Waals surface area contributed by atoms with Crippen molar-refractivity contribution in [2.75, 3.05) is 25.5 Å². The van der Waals surface area contributed by atoms with Crippen LogP contribution in [0.2, 0.25) is 0 Å². The van der Waals surface area contributed by atoms with Crippen LogP contribution in [0.25, 0.3) is 5.65 Å². The minimum Gasteiger partial charge on any atom is -0.496 e. The molecule has 8 heteroatoms. The normalized spacial score (nSPS) is 16.8. The summed E-state index contributed by atoms with van der Waals surface area (Å²) in [5.41, 5.74) is 2.47. The zero-order valence-corrected chi connectivity index (χ0v) is 17.6. The number of ether oxygens (including phenoxy) is 2. The van der Waals surface area contributed by atoms with Crippen LogP contribution in [0, 0.1) is 5.82 Å². The first-order chi connectivity index (χ1) is 14.6. The maximum Gasteiger partial charge on any atom is 0.256 e. The van der Waals surface area contributed by atoms with Crippen LogP contribution in [-0.4, -0.2) is 40.9 Å². The summed E-state index contributed by atoms with van der Waals surface area (Å²) >= 11 is 0. The maximum absolute atomic E-state index is 15.5. The van der Waals surface area contributed by atoms with Crippen LogP contribution in [0.4, 0.5) is 10.2 Å².